The first kappa shape index (κ1) is 21.6. The fraction of sp³-hybridized carbons (Fsp3) is 0.375. The number of hydrogen-bond donors (Lipinski definition) is 1. The molecule has 3 rings (SSSR count). The fourth-order valence-electron chi connectivity index (χ4n) is 3.44. The molecule has 1 N–H and O–H groups in total. The number of anilines is 1. The van der Waals surface area contributed by atoms with E-state index in [1.54, 1.807) is 4.90 Å². The molecule has 2 aromatic rings. The van der Waals surface area contributed by atoms with E-state index in [0.717, 1.165) is 22.5 Å². The van der Waals surface area contributed by atoms with Gasteiger partial charge in [-0.05, 0) is 23.5 Å². The molecule has 1 heterocycles. The number of carbonyl (C=O) groups excluding carboxylic acids is 2. The lowest BCUT2D eigenvalue weighted by atomic mass is 9.98. The summed E-state index contributed by atoms with van der Waals surface area (Å²) in [5, 5.41) is 2.66. The summed E-state index contributed by atoms with van der Waals surface area (Å²) in [6.07, 6.45) is -1.70. The Bertz CT molecular complexity index is 922. The number of hydrogen-bond acceptors (Lipinski definition) is 4. The van der Waals surface area contributed by atoms with Crippen LogP contribution in [0.4, 0.5) is 10.5 Å². The molecular weight excluding hydrogens is 378 g/mol. The maximum atomic E-state index is 13.4. The number of para-hydroxylation sites is 1. The predicted molar refractivity (Wildman–Crippen MR) is 119 cm³/mol. The third-order valence-electron chi connectivity index (χ3n) is 4.80. The first-order valence-electron chi connectivity index (χ1n) is 10.3. The zero-order chi connectivity index (χ0) is 21.7. The molecule has 0 radical (unpaired) electrons. The molecule has 1 atom stereocenters. The average molecular weight is 408 g/mol. The molecule has 6 heteroatoms. The summed E-state index contributed by atoms with van der Waals surface area (Å²) in [6, 6.07) is 17.2. The average Bonchev–Trinajstić information content (AvgIpc) is 2.83. The number of benzene rings is 2. The molecule has 0 saturated heterocycles. The van der Waals surface area contributed by atoms with Gasteiger partial charge in [-0.25, -0.2) is 4.79 Å². The lowest BCUT2D eigenvalue weighted by Gasteiger charge is -2.27. The van der Waals surface area contributed by atoms with Gasteiger partial charge in [0.25, 0.3) is 5.91 Å². The fourth-order valence-corrected chi connectivity index (χ4v) is 3.44. The van der Waals surface area contributed by atoms with Crippen LogP contribution >= 0.6 is 0 Å². The van der Waals surface area contributed by atoms with Crippen molar-refractivity contribution in [3.05, 3.63) is 65.7 Å². The Hall–Kier alpha value is -3.15. The number of ether oxygens (including phenoxy) is 1. The van der Waals surface area contributed by atoms with Crippen molar-refractivity contribution in [3.8, 4) is 0 Å². The Morgan fingerprint density at radius 3 is 2.40 bits per heavy atom. The Morgan fingerprint density at radius 1 is 1.07 bits per heavy atom. The van der Waals surface area contributed by atoms with Crippen LogP contribution in [0.3, 0.4) is 0 Å². The van der Waals surface area contributed by atoms with E-state index in [1.807, 2.05) is 68.4 Å². The molecule has 158 valence electrons. The van der Waals surface area contributed by atoms with E-state index < -0.39 is 12.3 Å². The van der Waals surface area contributed by atoms with Crippen molar-refractivity contribution < 1.29 is 14.3 Å². The van der Waals surface area contributed by atoms with Gasteiger partial charge in [-0.2, -0.15) is 0 Å². The topological polar surface area (TPSA) is 71.0 Å². The highest BCUT2D eigenvalue weighted by Crippen LogP contribution is 2.28. The third-order valence-corrected chi connectivity index (χ3v) is 4.80. The summed E-state index contributed by atoms with van der Waals surface area (Å²) in [7, 11) is 0. The molecule has 2 amide bonds. The minimum absolute atomic E-state index is 0.0857. The highest BCUT2D eigenvalue weighted by Gasteiger charge is 2.33. The van der Waals surface area contributed by atoms with E-state index in [-0.39, 0.29) is 24.3 Å². The maximum Gasteiger partial charge on any atom is 0.409 e. The number of fused-ring (bicyclic) bond motifs is 1. The molecule has 1 aliphatic rings. The van der Waals surface area contributed by atoms with Crippen LogP contribution in [0.2, 0.25) is 0 Å². The molecule has 1 unspecified atom stereocenters. The summed E-state index contributed by atoms with van der Waals surface area (Å²) in [4.78, 5) is 32.2. The smallest absolute Gasteiger partial charge is 0.409 e. The Kier molecular flexibility index (Phi) is 6.87. The van der Waals surface area contributed by atoms with Crippen LogP contribution in [0.15, 0.2) is 59.6 Å². The molecule has 0 fully saturated rings. The molecular formula is C24H29N3O3. The lowest BCUT2D eigenvalue weighted by molar-refractivity contribution is -0.120. The van der Waals surface area contributed by atoms with Gasteiger partial charge >= 0.3 is 6.09 Å². The van der Waals surface area contributed by atoms with Gasteiger partial charge in [0.05, 0.1) is 5.69 Å². The molecule has 0 aromatic heterocycles. The number of nitrogens with zero attached hydrogens (tertiary/aromatic N) is 2. The molecule has 0 saturated carbocycles. The first-order chi connectivity index (χ1) is 14.4. The number of aliphatic imine (C=N–C) groups is 1. The van der Waals surface area contributed by atoms with Gasteiger partial charge < -0.3 is 9.64 Å². The van der Waals surface area contributed by atoms with E-state index >= 15 is 0 Å². The Morgan fingerprint density at radius 2 is 1.73 bits per heavy atom. The van der Waals surface area contributed by atoms with Gasteiger partial charge in [0.15, 0.2) is 0 Å². The summed E-state index contributed by atoms with van der Waals surface area (Å²) in [5.41, 5.74) is 3.41. The van der Waals surface area contributed by atoms with Crippen LogP contribution in [-0.2, 0) is 16.1 Å². The summed E-state index contributed by atoms with van der Waals surface area (Å²) in [6.45, 7) is 8.84. The SMILES string of the molecule is CC(C)CN1C(=O)C(NC(=O)OCc2ccccc2)N=C(C(C)C)c2ccccc21. The van der Waals surface area contributed by atoms with Crippen molar-refractivity contribution in [3.63, 3.8) is 0 Å². The zero-order valence-corrected chi connectivity index (χ0v) is 18.0. The van der Waals surface area contributed by atoms with Gasteiger partial charge in [0, 0.05) is 17.8 Å². The van der Waals surface area contributed by atoms with Gasteiger partial charge in [0.2, 0.25) is 6.17 Å². The number of alkyl carbamates (subject to hydrolysis) is 1. The largest absolute Gasteiger partial charge is 0.445 e. The molecule has 0 bridgehead atoms. The second-order valence-electron chi connectivity index (χ2n) is 8.14. The van der Waals surface area contributed by atoms with Crippen molar-refractivity contribution in [2.24, 2.45) is 16.8 Å². The van der Waals surface area contributed by atoms with Crippen LogP contribution < -0.4 is 10.2 Å². The first-order valence-corrected chi connectivity index (χ1v) is 10.3. The number of carbonyl (C=O) groups is 2. The van der Waals surface area contributed by atoms with E-state index in [4.69, 9.17) is 4.74 Å². The van der Waals surface area contributed by atoms with E-state index in [1.165, 1.54) is 0 Å². The summed E-state index contributed by atoms with van der Waals surface area (Å²) < 4.78 is 5.32. The van der Waals surface area contributed by atoms with Crippen LogP contribution in [0.1, 0.15) is 38.8 Å². The van der Waals surface area contributed by atoms with Crippen LogP contribution in [-0.4, -0.2) is 30.4 Å². The second-order valence-corrected chi connectivity index (χ2v) is 8.14. The van der Waals surface area contributed by atoms with Gasteiger partial charge in [-0.3, -0.25) is 15.1 Å². The number of benzodiazepines with no additional fused rings is 1. The second kappa shape index (κ2) is 9.57. The highest BCUT2D eigenvalue weighted by atomic mass is 16.5. The van der Waals surface area contributed by atoms with E-state index in [2.05, 4.69) is 24.2 Å². The van der Waals surface area contributed by atoms with Crippen molar-refractivity contribution in [1.29, 1.82) is 0 Å². The number of amides is 2. The minimum Gasteiger partial charge on any atom is -0.445 e. The highest BCUT2D eigenvalue weighted by molar-refractivity contribution is 6.13. The zero-order valence-electron chi connectivity index (χ0n) is 18.0. The number of nitrogens with one attached hydrogen (secondary N) is 1. The molecule has 0 aliphatic carbocycles. The van der Waals surface area contributed by atoms with Crippen LogP contribution in [0.25, 0.3) is 0 Å². The maximum absolute atomic E-state index is 13.4. The molecule has 0 spiro atoms. The summed E-state index contributed by atoms with van der Waals surface area (Å²) in [5.74, 6) is 0.0827. The molecule has 1 aliphatic heterocycles. The van der Waals surface area contributed by atoms with Gasteiger partial charge in [-0.15, -0.1) is 0 Å². The van der Waals surface area contributed by atoms with Crippen molar-refractivity contribution in [1.82, 2.24) is 5.32 Å². The monoisotopic (exact) mass is 407 g/mol. The summed E-state index contributed by atoms with van der Waals surface area (Å²) >= 11 is 0. The van der Waals surface area contributed by atoms with Crippen molar-refractivity contribution >= 4 is 23.4 Å². The molecule has 6 nitrogen and oxygen atoms in total. The van der Waals surface area contributed by atoms with Crippen LogP contribution in [0, 0.1) is 11.8 Å². The Labute approximate surface area is 178 Å². The van der Waals surface area contributed by atoms with Crippen LogP contribution in [0.5, 0.6) is 0 Å². The molecule has 2 aromatic carbocycles. The number of rotatable bonds is 6. The van der Waals surface area contributed by atoms with Crippen molar-refractivity contribution in [2.45, 2.75) is 40.5 Å². The quantitative estimate of drug-likeness (QED) is 0.772. The van der Waals surface area contributed by atoms with E-state index in [0.29, 0.717) is 6.54 Å². The van der Waals surface area contributed by atoms with Gasteiger partial charge in [-0.1, -0.05) is 76.2 Å². The standard InChI is InChI=1S/C24H29N3O3/c1-16(2)14-27-20-13-9-8-12-19(20)21(17(3)4)25-22(23(27)28)26-24(29)30-15-18-10-6-5-7-11-18/h5-13,16-17,22H,14-15H2,1-4H3,(H,26,29). The molecule has 30 heavy (non-hydrogen) atoms. The Balaban J connectivity index is 1.86. The van der Waals surface area contributed by atoms with E-state index in [9.17, 15) is 9.59 Å². The third kappa shape index (κ3) is 5.06. The normalized spacial score (nSPS) is 16.2. The minimum atomic E-state index is -1.03. The lowest BCUT2D eigenvalue weighted by Crippen LogP contribution is -2.48. The van der Waals surface area contributed by atoms with Gasteiger partial charge in [0.1, 0.15) is 6.61 Å². The predicted octanol–water partition coefficient (Wildman–Crippen LogP) is 4.39. The van der Waals surface area contributed by atoms with Crippen molar-refractivity contribution in [2.75, 3.05) is 11.4 Å².